The largest absolute Gasteiger partial charge is 0.359 e. The van der Waals surface area contributed by atoms with Crippen LogP contribution in [0.15, 0.2) is 77.9 Å². The molecule has 0 atom stereocenters. The van der Waals surface area contributed by atoms with E-state index in [0.29, 0.717) is 27.1 Å². The number of carbonyl (C=O) groups is 2. The molecule has 1 fully saturated rings. The summed E-state index contributed by atoms with van der Waals surface area (Å²) < 4.78 is 1.91. The Labute approximate surface area is 225 Å². The predicted molar refractivity (Wildman–Crippen MR) is 149 cm³/mol. The highest BCUT2D eigenvalue weighted by molar-refractivity contribution is 6.31. The third-order valence-corrected chi connectivity index (χ3v) is 7.20. The summed E-state index contributed by atoms with van der Waals surface area (Å²) in [7, 11) is 1.66. The molecule has 2 aromatic carbocycles. The van der Waals surface area contributed by atoms with Crippen molar-refractivity contribution in [1.82, 2.24) is 20.2 Å². The minimum absolute atomic E-state index is 0.0277. The van der Waals surface area contributed by atoms with Gasteiger partial charge in [-0.3, -0.25) is 14.4 Å². The van der Waals surface area contributed by atoms with Crippen LogP contribution in [-0.4, -0.2) is 41.5 Å². The first-order valence-corrected chi connectivity index (χ1v) is 12.9. The fourth-order valence-electron chi connectivity index (χ4n) is 4.84. The van der Waals surface area contributed by atoms with E-state index in [-0.39, 0.29) is 29.7 Å². The van der Waals surface area contributed by atoms with E-state index in [1.807, 2.05) is 41.0 Å². The maximum atomic E-state index is 13.2. The average Bonchev–Trinajstić information content (AvgIpc) is 2.97. The quantitative estimate of drug-likeness (QED) is 0.394. The third-order valence-electron chi connectivity index (χ3n) is 6.96. The standard InChI is InChI=1S/C29H28ClN5O3/c1-31-28(37)19-11-13-34(14-12-19)26-10-7-20(16-32-26)29(38)33-17-21-18-35(23-5-3-2-4-6-23)25-15-22(30)8-9-24(25)27(21)36/h2-10,15-16,18-19H,11-14,17H2,1H3,(H,31,37)(H,33,38). The Morgan fingerprint density at radius 2 is 1.82 bits per heavy atom. The van der Waals surface area contributed by atoms with Gasteiger partial charge < -0.3 is 20.1 Å². The molecule has 0 unspecified atom stereocenters. The van der Waals surface area contributed by atoms with Gasteiger partial charge in [-0.1, -0.05) is 29.8 Å². The van der Waals surface area contributed by atoms with E-state index in [9.17, 15) is 14.4 Å². The number of halogens is 1. The smallest absolute Gasteiger partial charge is 0.253 e. The molecule has 1 aliphatic heterocycles. The number of pyridine rings is 2. The first-order chi connectivity index (χ1) is 18.4. The second-order valence-corrected chi connectivity index (χ2v) is 9.75. The summed E-state index contributed by atoms with van der Waals surface area (Å²) in [5.74, 6) is 0.565. The number of amides is 2. The number of aromatic nitrogens is 2. The molecule has 0 bridgehead atoms. The molecule has 2 N–H and O–H groups in total. The number of piperidine rings is 1. The summed E-state index contributed by atoms with van der Waals surface area (Å²) in [6.07, 6.45) is 4.82. The first-order valence-electron chi connectivity index (χ1n) is 12.5. The molecule has 194 valence electrons. The van der Waals surface area contributed by atoms with Crippen molar-refractivity contribution < 1.29 is 9.59 Å². The molecule has 0 aliphatic carbocycles. The maximum absolute atomic E-state index is 13.2. The number of para-hydroxylation sites is 1. The first kappa shape index (κ1) is 25.5. The lowest BCUT2D eigenvalue weighted by Gasteiger charge is -2.31. The summed E-state index contributed by atoms with van der Waals surface area (Å²) in [6, 6.07) is 18.4. The van der Waals surface area contributed by atoms with Crippen LogP contribution in [0.5, 0.6) is 0 Å². The van der Waals surface area contributed by atoms with Gasteiger partial charge in [0.15, 0.2) is 5.43 Å². The molecule has 2 aromatic heterocycles. The van der Waals surface area contributed by atoms with E-state index in [2.05, 4.69) is 20.5 Å². The lowest BCUT2D eigenvalue weighted by Crippen LogP contribution is -2.39. The number of nitrogens with one attached hydrogen (secondary N) is 2. The number of hydrogen-bond acceptors (Lipinski definition) is 5. The summed E-state index contributed by atoms with van der Waals surface area (Å²) in [4.78, 5) is 44.6. The number of fused-ring (bicyclic) bond motifs is 1. The number of hydrogen-bond donors (Lipinski definition) is 2. The molecule has 2 amide bonds. The van der Waals surface area contributed by atoms with Crippen molar-refractivity contribution in [1.29, 1.82) is 0 Å². The molecule has 1 aliphatic rings. The zero-order chi connectivity index (χ0) is 26.6. The Hall–Kier alpha value is -4.17. The highest BCUT2D eigenvalue weighted by Crippen LogP contribution is 2.23. The number of rotatable bonds is 6. The van der Waals surface area contributed by atoms with E-state index in [0.717, 1.165) is 37.4 Å². The molecule has 5 rings (SSSR count). The molecule has 1 saturated heterocycles. The van der Waals surface area contributed by atoms with Crippen LogP contribution < -0.4 is 21.0 Å². The summed E-state index contributed by atoms with van der Waals surface area (Å²) in [5.41, 5.74) is 2.29. The van der Waals surface area contributed by atoms with Gasteiger partial charge in [0.05, 0.1) is 11.1 Å². The van der Waals surface area contributed by atoms with Gasteiger partial charge in [0.25, 0.3) is 5.91 Å². The second-order valence-electron chi connectivity index (χ2n) is 9.31. The van der Waals surface area contributed by atoms with Crippen LogP contribution in [0.4, 0.5) is 5.82 Å². The van der Waals surface area contributed by atoms with E-state index >= 15 is 0 Å². The zero-order valence-electron chi connectivity index (χ0n) is 21.0. The Kier molecular flexibility index (Phi) is 7.42. The number of nitrogens with zero attached hydrogens (tertiary/aromatic N) is 3. The molecule has 0 radical (unpaired) electrons. The van der Waals surface area contributed by atoms with Gasteiger partial charge in [0.1, 0.15) is 5.82 Å². The van der Waals surface area contributed by atoms with E-state index in [4.69, 9.17) is 11.6 Å². The van der Waals surface area contributed by atoms with Crippen LogP contribution in [0, 0.1) is 5.92 Å². The molecule has 4 aromatic rings. The van der Waals surface area contributed by atoms with Crippen LogP contribution >= 0.6 is 11.6 Å². The van der Waals surface area contributed by atoms with E-state index in [1.165, 1.54) is 0 Å². The van der Waals surface area contributed by atoms with Gasteiger partial charge in [0, 0.05) is 66.7 Å². The fourth-order valence-corrected chi connectivity index (χ4v) is 5.01. The highest BCUT2D eigenvalue weighted by Gasteiger charge is 2.25. The van der Waals surface area contributed by atoms with Gasteiger partial charge in [0.2, 0.25) is 5.91 Å². The predicted octanol–water partition coefficient (Wildman–Crippen LogP) is 3.93. The molecule has 3 heterocycles. The molecule has 0 saturated carbocycles. The van der Waals surface area contributed by atoms with Gasteiger partial charge in [-0.15, -0.1) is 0 Å². The Balaban J connectivity index is 1.31. The molecule has 0 spiro atoms. The molecule has 8 nitrogen and oxygen atoms in total. The summed E-state index contributed by atoms with van der Waals surface area (Å²) in [6.45, 7) is 1.53. The summed E-state index contributed by atoms with van der Waals surface area (Å²) >= 11 is 6.23. The normalized spacial score (nSPS) is 13.9. The average molecular weight is 530 g/mol. The Bertz CT molecular complexity index is 1530. The van der Waals surface area contributed by atoms with Crippen LogP contribution in [0.25, 0.3) is 16.6 Å². The van der Waals surface area contributed by atoms with Crippen molar-refractivity contribution in [2.45, 2.75) is 19.4 Å². The van der Waals surface area contributed by atoms with Crippen molar-refractivity contribution in [2.24, 2.45) is 5.92 Å². The van der Waals surface area contributed by atoms with Crippen molar-refractivity contribution in [3.05, 3.63) is 99.4 Å². The second kappa shape index (κ2) is 11.1. The maximum Gasteiger partial charge on any atom is 0.253 e. The van der Waals surface area contributed by atoms with Crippen molar-refractivity contribution in [2.75, 3.05) is 25.0 Å². The van der Waals surface area contributed by atoms with Gasteiger partial charge in [-0.25, -0.2) is 4.98 Å². The van der Waals surface area contributed by atoms with Crippen LogP contribution in [0.3, 0.4) is 0 Å². The highest BCUT2D eigenvalue weighted by atomic mass is 35.5. The van der Waals surface area contributed by atoms with E-state index < -0.39 is 0 Å². The minimum Gasteiger partial charge on any atom is -0.359 e. The van der Waals surface area contributed by atoms with Crippen LogP contribution in [0.1, 0.15) is 28.8 Å². The fraction of sp³-hybridized carbons (Fsp3) is 0.241. The lowest BCUT2D eigenvalue weighted by molar-refractivity contribution is -0.125. The van der Waals surface area contributed by atoms with Crippen LogP contribution in [0.2, 0.25) is 5.02 Å². The SMILES string of the molecule is CNC(=O)C1CCN(c2ccc(C(=O)NCc3cn(-c4ccccc4)c4cc(Cl)ccc4c3=O)cn2)CC1. The number of benzene rings is 2. The van der Waals surface area contributed by atoms with Gasteiger partial charge in [-0.2, -0.15) is 0 Å². The van der Waals surface area contributed by atoms with Gasteiger partial charge in [-0.05, 0) is 55.3 Å². The molecule has 38 heavy (non-hydrogen) atoms. The van der Waals surface area contributed by atoms with E-state index in [1.54, 1.807) is 43.7 Å². The number of carbonyl (C=O) groups excluding carboxylic acids is 2. The molecule has 9 heteroatoms. The van der Waals surface area contributed by atoms with Crippen molar-refractivity contribution in [3.63, 3.8) is 0 Å². The van der Waals surface area contributed by atoms with Crippen molar-refractivity contribution in [3.8, 4) is 5.69 Å². The monoisotopic (exact) mass is 529 g/mol. The third kappa shape index (κ3) is 5.26. The van der Waals surface area contributed by atoms with Crippen LogP contribution in [-0.2, 0) is 11.3 Å². The number of anilines is 1. The molecular formula is C29H28ClN5O3. The van der Waals surface area contributed by atoms with Gasteiger partial charge >= 0.3 is 0 Å². The Morgan fingerprint density at radius 1 is 1.05 bits per heavy atom. The Morgan fingerprint density at radius 3 is 2.50 bits per heavy atom. The lowest BCUT2D eigenvalue weighted by atomic mass is 9.96. The minimum atomic E-state index is -0.316. The topological polar surface area (TPSA) is 96.3 Å². The summed E-state index contributed by atoms with van der Waals surface area (Å²) in [5, 5.41) is 6.63. The zero-order valence-corrected chi connectivity index (χ0v) is 21.7. The van der Waals surface area contributed by atoms with Crippen molar-refractivity contribution >= 4 is 40.1 Å². The molecular weight excluding hydrogens is 502 g/mol.